The third-order valence-corrected chi connectivity index (χ3v) is 3.37. The summed E-state index contributed by atoms with van der Waals surface area (Å²) in [6, 6.07) is 8.09. The Morgan fingerprint density at radius 2 is 2.06 bits per heavy atom. The maximum absolute atomic E-state index is 10.0. The average molecular weight is 232 g/mol. The molecule has 1 aromatic carbocycles. The minimum absolute atomic E-state index is 0.144. The summed E-state index contributed by atoms with van der Waals surface area (Å²) in [7, 11) is 2.03. The summed E-state index contributed by atoms with van der Waals surface area (Å²) in [6.45, 7) is 2.00. The SMILES string of the molecule is CCC(N)C(O)Cc1cn(C)c2ccccc12. The number of benzene rings is 1. The van der Waals surface area contributed by atoms with Gasteiger partial charge in [-0.1, -0.05) is 25.1 Å². The molecule has 2 atom stereocenters. The van der Waals surface area contributed by atoms with Gasteiger partial charge in [0.05, 0.1) is 6.10 Å². The zero-order chi connectivity index (χ0) is 12.4. The molecule has 3 heteroatoms. The number of hydrogen-bond donors (Lipinski definition) is 2. The Bertz CT molecular complexity index is 504. The van der Waals surface area contributed by atoms with Crippen LogP contribution in [0.25, 0.3) is 10.9 Å². The average Bonchev–Trinajstić information content (AvgIpc) is 2.66. The highest BCUT2D eigenvalue weighted by atomic mass is 16.3. The van der Waals surface area contributed by atoms with Crippen molar-refractivity contribution < 1.29 is 5.11 Å². The molecule has 0 bridgehead atoms. The molecule has 0 saturated carbocycles. The van der Waals surface area contributed by atoms with E-state index in [0.717, 1.165) is 6.42 Å². The predicted molar refractivity (Wildman–Crippen MR) is 70.9 cm³/mol. The molecular weight excluding hydrogens is 212 g/mol. The zero-order valence-electron chi connectivity index (χ0n) is 10.4. The van der Waals surface area contributed by atoms with Crippen LogP contribution < -0.4 is 5.73 Å². The van der Waals surface area contributed by atoms with Gasteiger partial charge in [0.1, 0.15) is 0 Å². The molecule has 1 heterocycles. The van der Waals surface area contributed by atoms with Crippen LogP contribution in [0.1, 0.15) is 18.9 Å². The van der Waals surface area contributed by atoms with Gasteiger partial charge in [0.2, 0.25) is 0 Å². The van der Waals surface area contributed by atoms with E-state index in [1.807, 2.05) is 26.1 Å². The van der Waals surface area contributed by atoms with Crippen molar-refractivity contribution in [1.82, 2.24) is 4.57 Å². The van der Waals surface area contributed by atoms with Crippen LogP contribution in [0.2, 0.25) is 0 Å². The van der Waals surface area contributed by atoms with Crippen LogP contribution in [-0.4, -0.2) is 21.8 Å². The van der Waals surface area contributed by atoms with Gasteiger partial charge in [-0.15, -0.1) is 0 Å². The van der Waals surface area contributed by atoms with Gasteiger partial charge in [0.15, 0.2) is 0 Å². The molecule has 2 unspecified atom stereocenters. The molecule has 0 spiro atoms. The first-order chi connectivity index (χ1) is 8.13. The summed E-state index contributed by atoms with van der Waals surface area (Å²) in [5, 5.41) is 11.2. The highest BCUT2D eigenvalue weighted by Gasteiger charge is 2.16. The topological polar surface area (TPSA) is 51.2 Å². The Morgan fingerprint density at radius 3 is 2.76 bits per heavy atom. The molecular formula is C14H20N2O. The molecule has 92 valence electrons. The van der Waals surface area contributed by atoms with Gasteiger partial charge in [-0.3, -0.25) is 0 Å². The maximum Gasteiger partial charge on any atom is 0.0732 e. The molecule has 0 fully saturated rings. The minimum atomic E-state index is -0.467. The first-order valence-corrected chi connectivity index (χ1v) is 6.10. The fourth-order valence-corrected chi connectivity index (χ4v) is 2.24. The smallest absolute Gasteiger partial charge is 0.0732 e. The fourth-order valence-electron chi connectivity index (χ4n) is 2.24. The Kier molecular flexibility index (Phi) is 3.50. The van der Waals surface area contributed by atoms with Crippen LogP contribution >= 0.6 is 0 Å². The maximum atomic E-state index is 10.0. The van der Waals surface area contributed by atoms with E-state index in [4.69, 9.17) is 5.73 Å². The Morgan fingerprint density at radius 1 is 1.35 bits per heavy atom. The third-order valence-electron chi connectivity index (χ3n) is 3.37. The van der Waals surface area contributed by atoms with Crippen molar-refractivity contribution in [3.63, 3.8) is 0 Å². The van der Waals surface area contributed by atoms with Gasteiger partial charge in [-0.25, -0.2) is 0 Å². The lowest BCUT2D eigenvalue weighted by Gasteiger charge is -2.16. The number of aliphatic hydroxyl groups excluding tert-OH is 1. The number of aryl methyl sites for hydroxylation is 1. The van der Waals surface area contributed by atoms with Crippen molar-refractivity contribution in [2.24, 2.45) is 12.8 Å². The van der Waals surface area contributed by atoms with E-state index in [1.54, 1.807) is 0 Å². The molecule has 2 rings (SSSR count). The number of para-hydroxylation sites is 1. The van der Waals surface area contributed by atoms with Crippen LogP contribution in [0.4, 0.5) is 0 Å². The summed E-state index contributed by atoms with van der Waals surface area (Å²) in [5.74, 6) is 0. The molecule has 0 aliphatic carbocycles. The van der Waals surface area contributed by atoms with Crippen molar-refractivity contribution in [3.05, 3.63) is 36.0 Å². The van der Waals surface area contributed by atoms with Crippen molar-refractivity contribution in [2.45, 2.75) is 31.9 Å². The van der Waals surface area contributed by atoms with E-state index < -0.39 is 6.10 Å². The monoisotopic (exact) mass is 232 g/mol. The number of nitrogens with zero attached hydrogens (tertiary/aromatic N) is 1. The summed E-state index contributed by atoms with van der Waals surface area (Å²) < 4.78 is 2.09. The minimum Gasteiger partial charge on any atom is -0.391 e. The van der Waals surface area contributed by atoms with E-state index in [9.17, 15) is 5.11 Å². The number of aromatic nitrogens is 1. The second kappa shape index (κ2) is 4.90. The first-order valence-electron chi connectivity index (χ1n) is 6.10. The highest BCUT2D eigenvalue weighted by Crippen LogP contribution is 2.22. The Hall–Kier alpha value is -1.32. The largest absolute Gasteiger partial charge is 0.391 e. The molecule has 0 saturated heterocycles. The van der Waals surface area contributed by atoms with Gasteiger partial charge in [0.25, 0.3) is 0 Å². The van der Waals surface area contributed by atoms with Gasteiger partial charge in [-0.2, -0.15) is 0 Å². The van der Waals surface area contributed by atoms with E-state index in [2.05, 4.69) is 22.9 Å². The molecule has 0 amide bonds. The quantitative estimate of drug-likeness (QED) is 0.844. The Labute approximate surface area is 102 Å². The standard InChI is InChI=1S/C14H20N2O/c1-3-12(15)14(17)8-10-9-16(2)13-7-5-4-6-11(10)13/h4-7,9,12,14,17H,3,8,15H2,1-2H3. The van der Waals surface area contributed by atoms with Gasteiger partial charge in [0, 0.05) is 36.6 Å². The van der Waals surface area contributed by atoms with Crippen molar-refractivity contribution in [1.29, 1.82) is 0 Å². The molecule has 3 nitrogen and oxygen atoms in total. The molecule has 17 heavy (non-hydrogen) atoms. The second-order valence-electron chi connectivity index (χ2n) is 4.63. The fraction of sp³-hybridized carbons (Fsp3) is 0.429. The second-order valence-corrected chi connectivity index (χ2v) is 4.63. The lowest BCUT2D eigenvalue weighted by molar-refractivity contribution is 0.143. The van der Waals surface area contributed by atoms with Crippen LogP contribution in [0, 0.1) is 0 Å². The molecule has 3 N–H and O–H groups in total. The third kappa shape index (κ3) is 2.35. The van der Waals surface area contributed by atoms with Crippen molar-refractivity contribution in [3.8, 4) is 0 Å². The van der Waals surface area contributed by atoms with E-state index >= 15 is 0 Å². The van der Waals surface area contributed by atoms with Crippen LogP contribution in [0.5, 0.6) is 0 Å². The number of hydrogen-bond acceptors (Lipinski definition) is 2. The van der Waals surface area contributed by atoms with Crippen molar-refractivity contribution >= 4 is 10.9 Å². The molecule has 0 radical (unpaired) electrons. The van der Waals surface area contributed by atoms with Gasteiger partial charge < -0.3 is 15.4 Å². The van der Waals surface area contributed by atoms with Crippen LogP contribution in [-0.2, 0) is 13.5 Å². The van der Waals surface area contributed by atoms with E-state index in [0.29, 0.717) is 6.42 Å². The van der Waals surface area contributed by atoms with Crippen LogP contribution in [0.3, 0.4) is 0 Å². The normalized spacial score (nSPS) is 15.1. The molecule has 0 aliphatic heterocycles. The highest BCUT2D eigenvalue weighted by molar-refractivity contribution is 5.83. The predicted octanol–water partition coefficient (Wildman–Crippen LogP) is 1.82. The van der Waals surface area contributed by atoms with Gasteiger partial charge in [-0.05, 0) is 18.1 Å². The number of nitrogens with two attached hydrogens (primary N) is 1. The summed E-state index contributed by atoms with van der Waals surface area (Å²) >= 11 is 0. The summed E-state index contributed by atoms with van der Waals surface area (Å²) in [6.07, 6.45) is 3.03. The lowest BCUT2D eigenvalue weighted by atomic mass is 10.0. The van der Waals surface area contributed by atoms with E-state index in [-0.39, 0.29) is 6.04 Å². The van der Waals surface area contributed by atoms with Crippen molar-refractivity contribution in [2.75, 3.05) is 0 Å². The molecule has 0 aliphatic rings. The Balaban J connectivity index is 2.30. The van der Waals surface area contributed by atoms with Gasteiger partial charge >= 0.3 is 0 Å². The molecule has 2 aromatic rings. The zero-order valence-corrected chi connectivity index (χ0v) is 10.4. The lowest BCUT2D eigenvalue weighted by Crippen LogP contribution is -2.35. The van der Waals surface area contributed by atoms with Crippen LogP contribution in [0.15, 0.2) is 30.5 Å². The van der Waals surface area contributed by atoms with E-state index in [1.165, 1.54) is 16.5 Å². The molecule has 1 aromatic heterocycles. The number of rotatable bonds is 4. The summed E-state index contributed by atoms with van der Waals surface area (Å²) in [4.78, 5) is 0. The summed E-state index contributed by atoms with van der Waals surface area (Å²) in [5.41, 5.74) is 8.22. The number of aliphatic hydroxyl groups is 1. The number of fused-ring (bicyclic) bond motifs is 1. The first kappa shape index (κ1) is 12.1.